The molecular formula is C24H22BrFN2O7. The number of H-pyrrole nitrogens is 1. The predicted molar refractivity (Wildman–Crippen MR) is 122 cm³/mol. The minimum atomic E-state index is -2.07. The summed E-state index contributed by atoms with van der Waals surface area (Å²) in [6.45, 7) is 1.57. The van der Waals surface area contributed by atoms with Crippen LogP contribution in [0.3, 0.4) is 0 Å². The average molecular weight is 549 g/mol. The number of carbonyl (C=O) groups excluding carboxylic acids is 4. The average Bonchev–Trinajstić information content (AvgIpc) is 3.19. The molecule has 1 aromatic heterocycles. The van der Waals surface area contributed by atoms with Crippen LogP contribution in [0.25, 0.3) is 0 Å². The van der Waals surface area contributed by atoms with Gasteiger partial charge in [-0.1, -0.05) is 0 Å². The number of nitrogens with zero attached hydrogens (tertiary/aromatic N) is 1. The largest absolute Gasteiger partial charge is 0.381 e. The molecule has 3 aliphatic rings. The van der Waals surface area contributed by atoms with E-state index in [4.69, 9.17) is 9.26 Å². The topological polar surface area (TPSA) is 127 Å². The molecule has 0 amide bonds. The van der Waals surface area contributed by atoms with E-state index >= 15 is 4.39 Å². The van der Waals surface area contributed by atoms with Crippen molar-refractivity contribution in [2.24, 2.45) is 17.8 Å². The predicted octanol–water partition coefficient (Wildman–Crippen LogP) is 2.44. The third-order valence-electron chi connectivity index (χ3n) is 7.88. The van der Waals surface area contributed by atoms with E-state index < -0.39 is 58.1 Å². The van der Waals surface area contributed by atoms with Gasteiger partial charge in [-0.25, -0.2) is 4.39 Å². The Kier molecular flexibility index (Phi) is 5.39. The van der Waals surface area contributed by atoms with Crippen molar-refractivity contribution in [1.29, 1.82) is 0 Å². The van der Waals surface area contributed by atoms with Gasteiger partial charge in [0.1, 0.15) is 11.4 Å². The third kappa shape index (κ3) is 2.82. The van der Waals surface area contributed by atoms with Gasteiger partial charge in [0.05, 0.1) is 17.5 Å². The molecule has 5 rings (SSSR count). The first-order chi connectivity index (χ1) is 16.5. The van der Waals surface area contributed by atoms with E-state index in [0.717, 1.165) is 0 Å². The zero-order valence-corrected chi connectivity index (χ0v) is 20.9. The van der Waals surface area contributed by atoms with Gasteiger partial charge in [-0.3, -0.25) is 28.9 Å². The van der Waals surface area contributed by atoms with Crippen LogP contribution in [-0.2, 0) is 16.0 Å². The molecule has 11 heteroatoms. The molecule has 1 saturated carbocycles. The number of aromatic amines is 1. The van der Waals surface area contributed by atoms with Crippen molar-refractivity contribution in [3.63, 3.8) is 0 Å². The highest BCUT2D eigenvalue weighted by molar-refractivity contribution is 9.10. The van der Waals surface area contributed by atoms with Crippen molar-refractivity contribution in [3.8, 4) is 0 Å². The van der Waals surface area contributed by atoms with Crippen molar-refractivity contribution >= 4 is 39.6 Å². The first-order valence-electron chi connectivity index (χ1n) is 11.0. The summed E-state index contributed by atoms with van der Waals surface area (Å²) in [6, 6.07) is -0.690. The van der Waals surface area contributed by atoms with Crippen LogP contribution in [0.2, 0.25) is 0 Å². The van der Waals surface area contributed by atoms with Gasteiger partial charge < -0.3 is 9.26 Å². The lowest BCUT2D eigenvalue weighted by molar-refractivity contribution is -0.159. The molecule has 5 atom stereocenters. The minimum absolute atomic E-state index is 0.0346. The number of nitrogens with one attached hydrogen (secondary N) is 1. The monoisotopic (exact) mass is 548 g/mol. The molecule has 0 radical (unpaired) electrons. The summed E-state index contributed by atoms with van der Waals surface area (Å²) < 4.78 is 26.5. The molecule has 0 spiro atoms. The van der Waals surface area contributed by atoms with E-state index in [2.05, 4.69) is 21.1 Å². The Bertz CT molecular complexity index is 1390. The van der Waals surface area contributed by atoms with Crippen LogP contribution in [0.1, 0.15) is 60.4 Å². The van der Waals surface area contributed by atoms with Crippen molar-refractivity contribution < 1.29 is 32.8 Å². The van der Waals surface area contributed by atoms with Gasteiger partial charge in [0.15, 0.2) is 29.2 Å². The summed E-state index contributed by atoms with van der Waals surface area (Å²) in [5, 5.41) is 2.18. The number of Topliss-reactive ketones (excluding diaryl/α,β-unsaturated/α-hetero) is 3. The number of hydrogen-bond donors (Lipinski definition) is 1. The van der Waals surface area contributed by atoms with E-state index in [-0.39, 0.29) is 45.3 Å². The molecule has 35 heavy (non-hydrogen) atoms. The van der Waals surface area contributed by atoms with Crippen molar-refractivity contribution in [2.75, 3.05) is 21.2 Å². The van der Waals surface area contributed by atoms with Gasteiger partial charge in [0, 0.05) is 28.6 Å². The molecule has 0 bridgehead atoms. The van der Waals surface area contributed by atoms with E-state index in [1.165, 1.54) is 7.11 Å². The fourth-order valence-corrected chi connectivity index (χ4v) is 6.89. The zero-order chi connectivity index (χ0) is 25.6. The Labute approximate surface area is 207 Å². The SMILES string of the molecule is COC12C(=O)c3c(o[nH]c3=O)C(N(C)C)C1CC1Cc3c(F)c(C=O)c(Br)c(C)c3C(=O)C1C2=O. The lowest BCUT2D eigenvalue weighted by atomic mass is 9.54. The number of benzene rings is 1. The highest BCUT2D eigenvalue weighted by atomic mass is 79.9. The maximum atomic E-state index is 15.3. The Hall–Kier alpha value is -2.76. The maximum absolute atomic E-state index is 15.3. The summed E-state index contributed by atoms with van der Waals surface area (Å²) in [6.07, 6.45) is 0.582. The van der Waals surface area contributed by atoms with Crippen LogP contribution in [0.4, 0.5) is 4.39 Å². The van der Waals surface area contributed by atoms with Gasteiger partial charge in [-0.05, 0) is 61.3 Å². The second-order valence-corrected chi connectivity index (χ2v) is 10.4. The molecule has 1 aromatic carbocycles. The van der Waals surface area contributed by atoms with Crippen LogP contribution < -0.4 is 5.56 Å². The smallest absolute Gasteiger partial charge is 0.291 e. The van der Waals surface area contributed by atoms with Gasteiger partial charge in [-0.15, -0.1) is 0 Å². The normalized spacial score (nSPS) is 29.5. The summed E-state index contributed by atoms with van der Waals surface area (Å²) in [7, 11) is 4.65. The van der Waals surface area contributed by atoms with Crippen LogP contribution >= 0.6 is 15.9 Å². The second kappa shape index (κ2) is 7.87. The second-order valence-electron chi connectivity index (χ2n) is 9.60. The van der Waals surface area contributed by atoms with Gasteiger partial charge in [-0.2, -0.15) is 5.16 Å². The van der Waals surface area contributed by atoms with E-state index in [0.29, 0.717) is 11.8 Å². The van der Waals surface area contributed by atoms with Crippen LogP contribution in [0, 0.1) is 30.5 Å². The molecule has 1 heterocycles. The van der Waals surface area contributed by atoms with Crippen LogP contribution in [-0.4, -0.2) is 60.5 Å². The first-order valence-corrected chi connectivity index (χ1v) is 11.8. The van der Waals surface area contributed by atoms with Crippen molar-refractivity contribution in [1.82, 2.24) is 10.1 Å². The zero-order valence-electron chi connectivity index (χ0n) is 19.4. The Morgan fingerprint density at radius 2 is 1.91 bits per heavy atom. The Balaban J connectivity index is 1.74. The molecule has 1 fully saturated rings. The number of methoxy groups -OCH3 is 1. The molecule has 0 saturated heterocycles. The fraction of sp³-hybridized carbons (Fsp3) is 0.458. The lowest BCUT2D eigenvalue weighted by Gasteiger charge is -2.52. The molecule has 1 N–H and O–H groups in total. The van der Waals surface area contributed by atoms with E-state index in [9.17, 15) is 24.0 Å². The Morgan fingerprint density at radius 3 is 2.51 bits per heavy atom. The molecule has 5 unspecified atom stereocenters. The number of aromatic nitrogens is 1. The van der Waals surface area contributed by atoms with E-state index in [1.54, 1.807) is 25.9 Å². The standard InChI is InChI=1S/C24H22BrFN2O7/c1-8-13-10(17(26)11(7-29)16(8)25)5-9-6-12-18(28(2)3)20-15(23(33)27-35-20)22(32)24(12,34-4)21(31)14(9)19(13)30/h7,9,12,14,18H,5-6H2,1-4H3,(H,27,33). The number of ether oxygens (including phenoxy) is 1. The number of ketones is 3. The summed E-state index contributed by atoms with van der Waals surface area (Å²) in [5.41, 5.74) is -2.84. The van der Waals surface area contributed by atoms with Gasteiger partial charge in [0.2, 0.25) is 5.78 Å². The molecule has 2 aromatic rings. The lowest BCUT2D eigenvalue weighted by Crippen LogP contribution is -2.67. The number of aldehydes is 1. The van der Waals surface area contributed by atoms with Crippen molar-refractivity contribution in [3.05, 3.63) is 54.2 Å². The summed E-state index contributed by atoms with van der Waals surface area (Å²) >= 11 is 3.19. The molecular weight excluding hydrogens is 527 g/mol. The highest BCUT2D eigenvalue weighted by Crippen LogP contribution is 2.55. The fourth-order valence-electron chi connectivity index (χ4n) is 6.42. The number of fused-ring (bicyclic) bond motifs is 4. The molecule has 0 aliphatic heterocycles. The summed E-state index contributed by atoms with van der Waals surface area (Å²) in [5.74, 6) is -5.57. The maximum Gasteiger partial charge on any atom is 0.291 e. The van der Waals surface area contributed by atoms with Crippen LogP contribution in [0.15, 0.2) is 13.8 Å². The number of rotatable bonds is 3. The molecule has 184 valence electrons. The van der Waals surface area contributed by atoms with E-state index in [1.807, 2.05) is 0 Å². The minimum Gasteiger partial charge on any atom is -0.381 e. The molecule has 3 aliphatic carbocycles. The van der Waals surface area contributed by atoms with Crippen molar-refractivity contribution in [2.45, 2.75) is 31.4 Å². The highest BCUT2D eigenvalue weighted by Gasteiger charge is 2.68. The van der Waals surface area contributed by atoms with Gasteiger partial charge >= 0.3 is 0 Å². The van der Waals surface area contributed by atoms with Gasteiger partial charge in [0.25, 0.3) is 5.56 Å². The molecule has 9 nitrogen and oxygen atoms in total. The number of hydrogen-bond acceptors (Lipinski definition) is 8. The number of carbonyl (C=O) groups is 4. The summed E-state index contributed by atoms with van der Waals surface area (Å²) in [4.78, 5) is 67.3. The number of halogens is 2. The Morgan fingerprint density at radius 1 is 1.23 bits per heavy atom. The third-order valence-corrected chi connectivity index (χ3v) is 8.90. The van der Waals surface area contributed by atoms with Crippen LogP contribution in [0.5, 0.6) is 0 Å². The first kappa shape index (κ1) is 24.0. The quantitative estimate of drug-likeness (QED) is 0.457.